The molecule has 33 heavy (non-hydrogen) atoms. The quantitative estimate of drug-likeness (QED) is 0.315. The van der Waals surface area contributed by atoms with Crippen LogP contribution in [0.2, 0.25) is 0 Å². The topological polar surface area (TPSA) is 70.7 Å². The van der Waals surface area contributed by atoms with Crippen LogP contribution in [0.25, 0.3) is 22.5 Å². The largest absolute Gasteiger partial charge is 0.502 e. The fourth-order valence-corrected chi connectivity index (χ4v) is 4.60. The number of rotatable bonds is 5. The fraction of sp³-hybridized carbons (Fsp3) is 0.250. The smallest absolute Gasteiger partial charge is 0.231 e. The Bertz CT molecular complexity index is 1350. The Labute approximate surface area is 202 Å². The van der Waals surface area contributed by atoms with Crippen LogP contribution in [0.3, 0.4) is 0 Å². The highest BCUT2D eigenvalue weighted by molar-refractivity contribution is 9.10. The van der Waals surface area contributed by atoms with Gasteiger partial charge < -0.3 is 14.6 Å². The van der Waals surface area contributed by atoms with Gasteiger partial charge in [-0.2, -0.15) is 0 Å². The minimum atomic E-state index is -0.518. The van der Waals surface area contributed by atoms with Crippen LogP contribution in [0.4, 0.5) is 0 Å². The Morgan fingerprint density at radius 3 is 2.30 bits per heavy atom. The molecule has 0 atom stereocenters. The van der Waals surface area contributed by atoms with Crippen molar-refractivity contribution in [2.75, 3.05) is 0 Å². The lowest BCUT2D eigenvalue weighted by atomic mass is 9.99. The molecular formula is C28H27BrO4. The molecule has 0 radical (unpaired) electrons. The van der Waals surface area contributed by atoms with Gasteiger partial charge in [-0.3, -0.25) is 4.79 Å². The summed E-state index contributed by atoms with van der Waals surface area (Å²) >= 11 is 3.40. The Morgan fingerprint density at radius 1 is 0.970 bits per heavy atom. The van der Waals surface area contributed by atoms with Crippen molar-refractivity contribution in [1.82, 2.24) is 0 Å². The SMILES string of the molecule is Cc1cc(-c2oc(CO)c(Cc3ccc(Br)cc3)c(=O)c2O)c2c(C)cc(C(C)C)ccc1-2. The number of aliphatic hydroxyl groups is 1. The van der Waals surface area contributed by atoms with Crippen LogP contribution >= 0.6 is 15.9 Å². The van der Waals surface area contributed by atoms with Crippen LogP contribution < -0.4 is 5.43 Å². The molecule has 1 aromatic carbocycles. The lowest BCUT2D eigenvalue weighted by molar-refractivity contribution is 0.241. The summed E-state index contributed by atoms with van der Waals surface area (Å²) in [6.45, 7) is 7.90. The first-order valence-electron chi connectivity index (χ1n) is 11.0. The summed E-state index contributed by atoms with van der Waals surface area (Å²) in [6, 6.07) is 15.8. The summed E-state index contributed by atoms with van der Waals surface area (Å²) in [7, 11) is 0. The highest BCUT2D eigenvalue weighted by Crippen LogP contribution is 2.43. The first-order valence-corrected chi connectivity index (χ1v) is 11.8. The van der Waals surface area contributed by atoms with Gasteiger partial charge in [0.25, 0.3) is 0 Å². The summed E-state index contributed by atoms with van der Waals surface area (Å²) in [5, 5.41) is 21.0. The number of hydrogen-bond donors (Lipinski definition) is 2. The van der Waals surface area contributed by atoms with Crippen molar-refractivity contribution in [2.45, 2.75) is 46.6 Å². The van der Waals surface area contributed by atoms with Gasteiger partial charge in [0.1, 0.15) is 12.4 Å². The molecule has 0 amide bonds. The maximum absolute atomic E-state index is 13.2. The van der Waals surface area contributed by atoms with Gasteiger partial charge in [-0.25, -0.2) is 0 Å². The predicted molar refractivity (Wildman–Crippen MR) is 135 cm³/mol. The van der Waals surface area contributed by atoms with Gasteiger partial charge in [-0.05, 0) is 71.3 Å². The molecular weight excluding hydrogens is 480 g/mol. The van der Waals surface area contributed by atoms with Crippen LogP contribution in [0.5, 0.6) is 5.75 Å². The monoisotopic (exact) mass is 506 g/mol. The van der Waals surface area contributed by atoms with Crippen molar-refractivity contribution in [3.05, 3.63) is 96.8 Å². The molecule has 0 unspecified atom stereocenters. The number of aryl methyl sites for hydroxylation is 2. The van der Waals surface area contributed by atoms with Crippen molar-refractivity contribution >= 4 is 15.9 Å². The molecule has 0 fully saturated rings. The van der Waals surface area contributed by atoms with Crippen molar-refractivity contribution in [3.8, 4) is 28.2 Å². The third-order valence-corrected chi connectivity index (χ3v) is 6.69. The number of fused-ring (bicyclic) bond motifs is 1. The lowest BCUT2D eigenvalue weighted by Gasteiger charge is -2.12. The molecule has 1 aromatic heterocycles. The second kappa shape index (κ2) is 9.16. The second-order valence-electron chi connectivity index (χ2n) is 8.82. The van der Waals surface area contributed by atoms with Gasteiger partial charge in [0.2, 0.25) is 11.2 Å². The molecule has 5 heteroatoms. The third kappa shape index (κ3) is 4.35. The fourth-order valence-electron chi connectivity index (χ4n) is 4.34. The van der Waals surface area contributed by atoms with Crippen molar-refractivity contribution in [2.24, 2.45) is 0 Å². The Hall–Kier alpha value is -2.89. The molecule has 2 N–H and O–H groups in total. The molecule has 0 aliphatic heterocycles. The molecule has 1 heterocycles. The Kier molecular flexibility index (Phi) is 6.46. The normalized spacial score (nSPS) is 11.5. The van der Waals surface area contributed by atoms with Crippen LogP contribution in [0.15, 0.2) is 62.2 Å². The van der Waals surface area contributed by atoms with E-state index in [1.54, 1.807) is 0 Å². The first-order chi connectivity index (χ1) is 15.7. The third-order valence-electron chi connectivity index (χ3n) is 6.16. The number of halogens is 1. The van der Waals surface area contributed by atoms with E-state index >= 15 is 0 Å². The van der Waals surface area contributed by atoms with Crippen molar-refractivity contribution in [1.29, 1.82) is 0 Å². The lowest BCUT2D eigenvalue weighted by Crippen LogP contribution is -2.14. The van der Waals surface area contributed by atoms with E-state index in [4.69, 9.17) is 4.42 Å². The van der Waals surface area contributed by atoms with E-state index in [0.717, 1.165) is 32.3 Å². The van der Waals surface area contributed by atoms with E-state index in [9.17, 15) is 15.0 Å². The molecule has 0 saturated carbocycles. The van der Waals surface area contributed by atoms with E-state index in [1.165, 1.54) is 5.56 Å². The average Bonchev–Trinajstić information content (AvgIpc) is 3.00. The molecule has 2 aliphatic carbocycles. The Morgan fingerprint density at radius 2 is 1.67 bits per heavy atom. The van der Waals surface area contributed by atoms with Crippen LogP contribution in [-0.4, -0.2) is 10.2 Å². The standard InChI is InChI=1S/C28H27BrO4/c1-15(2)19-7-10-21-16(3)12-23(25(21)17(4)11-19)28-27(32)26(31)22(24(14-30)33-28)13-18-5-8-20(29)9-6-18/h5-12,15,30,32H,13-14H2,1-4H3. The van der Waals surface area contributed by atoms with E-state index in [1.807, 2.05) is 44.2 Å². The molecule has 0 saturated heterocycles. The second-order valence-corrected chi connectivity index (χ2v) is 9.73. The molecule has 0 bridgehead atoms. The van der Waals surface area contributed by atoms with Gasteiger partial charge in [0.05, 0.1) is 0 Å². The maximum atomic E-state index is 13.2. The van der Waals surface area contributed by atoms with E-state index in [0.29, 0.717) is 11.5 Å². The van der Waals surface area contributed by atoms with Crippen molar-refractivity contribution in [3.63, 3.8) is 0 Å². The zero-order valence-corrected chi connectivity index (χ0v) is 20.8. The van der Waals surface area contributed by atoms with Gasteiger partial charge in [0.15, 0.2) is 5.76 Å². The van der Waals surface area contributed by atoms with Crippen LogP contribution in [-0.2, 0) is 13.0 Å². The van der Waals surface area contributed by atoms with Crippen LogP contribution in [0, 0.1) is 13.8 Å². The zero-order chi connectivity index (χ0) is 23.9. The Balaban J connectivity index is 1.91. The summed E-state index contributed by atoms with van der Waals surface area (Å²) in [5.74, 6) is 0.209. The number of aliphatic hydroxyl groups excluding tert-OH is 1. The molecule has 4 nitrogen and oxygen atoms in total. The van der Waals surface area contributed by atoms with Gasteiger partial charge in [-0.1, -0.05) is 60.1 Å². The summed E-state index contributed by atoms with van der Waals surface area (Å²) in [4.78, 5) is 13.2. The zero-order valence-electron chi connectivity index (χ0n) is 19.2. The highest BCUT2D eigenvalue weighted by atomic mass is 79.9. The molecule has 2 aromatic rings. The van der Waals surface area contributed by atoms with Gasteiger partial charge in [0, 0.05) is 22.0 Å². The number of hydrogen-bond acceptors (Lipinski definition) is 4. The summed E-state index contributed by atoms with van der Waals surface area (Å²) in [5.41, 5.74) is 6.53. The number of aromatic hydroxyl groups is 1. The molecule has 4 rings (SSSR count). The minimum absolute atomic E-state index is 0.0992. The van der Waals surface area contributed by atoms with E-state index in [2.05, 4.69) is 48.0 Å². The van der Waals surface area contributed by atoms with E-state index in [-0.39, 0.29) is 23.5 Å². The summed E-state index contributed by atoms with van der Waals surface area (Å²) in [6.07, 6.45) is 0.256. The molecule has 2 aliphatic rings. The van der Waals surface area contributed by atoms with Gasteiger partial charge >= 0.3 is 0 Å². The first kappa shape index (κ1) is 23.3. The average molecular weight is 507 g/mol. The van der Waals surface area contributed by atoms with E-state index < -0.39 is 17.8 Å². The van der Waals surface area contributed by atoms with Crippen LogP contribution in [0.1, 0.15) is 53.3 Å². The summed E-state index contributed by atoms with van der Waals surface area (Å²) < 4.78 is 6.96. The molecule has 170 valence electrons. The predicted octanol–water partition coefficient (Wildman–Crippen LogP) is 6.70. The highest BCUT2D eigenvalue weighted by Gasteiger charge is 2.25. The molecule has 0 spiro atoms. The van der Waals surface area contributed by atoms with Gasteiger partial charge in [-0.15, -0.1) is 0 Å². The minimum Gasteiger partial charge on any atom is -0.502 e. The number of benzene rings is 1. The maximum Gasteiger partial charge on any atom is 0.231 e. The van der Waals surface area contributed by atoms with Crippen molar-refractivity contribution < 1.29 is 14.6 Å².